The summed E-state index contributed by atoms with van der Waals surface area (Å²) in [6.45, 7) is 3.52. The van der Waals surface area contributed by atoms with Crippen LogP contribution in [-0.2, 0) is 31.3 Å². The summed E-state index contributed by atoms with van der Waals surface area (Å²) in [6, 6.07) is 12.8. The minimum atomic E-state index is -3.78. The quantitative estimate of drug-likeness (QED) is 0.759. The number of para-hydroxylation sites is 1. The standard InChI is InChI=1S/C19H20N2O5S2/c1-19(2)13-27(23,24)21(18(19)22)15-7-9-16(10-8-15)28(25,26)20-12-11-14-5-3-4-6-17(14)20/h3-10H,11-13H2,1-2H3. The largest absolute Gasteiger partial charge is 0.273 e. The highest BCUT2D eigenvalue weighted by molar-refractivity contribution is 7.94. The fourth-order valence-corrected chi connectivity index (χ4v) is 7.31. The Morgan fingerprint density at radius 1 is 1.00 bits per heavy atom. The number of fused-ring (bicyclic) bond motifs is 1. The van der Waals surface area contributed by atoms with Gasteiger partial charge in [0.25, 0.3) is 10.0 Å². The van der Waals surface area contributed by atoms with Crippen molar-refractivity contribution in [3.05, 3.63) is 54.1 Å². The van der Waals surface area contributed by atoms with Crippen LogP contribution in [-0.4, -0.2) is 35.0 Å². The molecule has 2 aromatic rings. The molecular weight excluding hydrogens is 400 g/mol. The predicted octanol–water partition coefficient (Wildman–Crippen LogP) is 2.14. The van der Waals surface area contributed by atoms with Crippen molar-refractivity contribution in [1.82, 2.24) is 0 Å². The first-order valence-electron chi connectivity index (χ1n) is 8.82. The Balaban J connectivity index is 1.69. The van der Waals surface area contributed by atoms with Crippen LogP contribution in [0.15, 0.2) is 53.4 Å². The first kappa shape index (κ1) is 18.9. The molecule has 0 spiro atoms. The van der Waals surface area contributed by atoms with Crippen LogP contribution < -0.4 is 8.61 Å². The van der Waals surface area contributed by atoms with E-state index in [4.69, 9.17) is 0 Å². The summed E-state index contributed by atoms with van der Waals surface area (Å²) in [7, 11) is -7.55. The third-order valence-corrected chi connectivity index (χ3v) is 8.94. The molecule has 1 amide bonds. The third kappa shape index (κ3) is 2.80. The van der Waals surface area contributed by atoms with E-state index in [1.165, 1.54) is 28.6 Å². The summed E-state index contributed by atoms with van der Waals surface area (Å²) in [6.07, 6.45) is 0.642. The van der Waals surface area contributed by atoms with Crippen molar-refractivity contribution in [2.45, 2.75) is 25.2 Å². The van der Waals surface area contributed by atoms with Gasteiger partial charge >= 0.3 is 0 Å². The molecule has 1 fully saturated rings. The van der Waals surface area contributed by atoms with Crippen molar-refractivity contribution >= 4 is 37.3 Å². The Kier molecular flexibility index (Phi) is 4.10. The summed E-state index contributed by atoms with van der Waals surface area (Å²) in [5, 5.41) is 0. The second-order valence-electron chi connectivity index (χ2n) is 7.66. The lowest BCUT2D eigenvalue weighted by Gasteiger charge is -2.21. The summed E-state index contributed by atoms with van der Waals surface area (Å²) in [4.78, 5) is 12.5. The van der Waals surface area contributed by atoms with E-state index in [-0.39, 0.29) is 16.3 Å². The highest BCUT2D eigenvalue weighted by Crippen LogP contribution is 2.37. The lowest BCUT2D eigenvalue weighted by atomic mass is 9.95. The van der Waals surface area contributed by atoms with E-state index in [1.54, 1.807) is 26.0 Å². The molecule has 0 aromatic heterocycles. The van der Waals surface area contributed by atoms with E-state index in [0.29, 0.717) is 18.7 Å². The summed E-state index contributed by atoms with van der Waals surface area (Å²) in [5.41, 5.74) is 0.767. The number of sulfonamides is 2. The van der Waals surface area contributed by atoms with E-state index < -0.39 is 31.4 Å². The molecule has 2 heterocycles. The molecule has 2 aromatic carbocycles. The maximum absolute atomic E-state index is 13.1. The minimum absolute atomic E-state index is 0.0521. The smallest absolute Gasteiger partial charge is 0.264 e. The molecule has 0 bridgehead atoms. The lowest BCUT2D eigenvalue weighted by Crippen LogP contribution is -2.33. The fraction of sp³-hybridized carbons (Fsp3) is 0.316. The molecule has 0 radical (unpaired) electrons. The van der Waals surface area contributed by atoms with Gasteiger partial charge in [-0.15, -0.1) is 0 Å². The number of hydrogen-bond donors (Lipinski definition) is 0. The number of anilines is 2. The van der Waals surface area contributed by atoms with Gasteiger partial charge in [0.15, 0.2) is 0 Å². The van der Waals surface area contributed by atoms with E-state index in [9.17, 15) is 21.6 Å². The molecule has 2 aliphatic rings. The van der Waals surface area contributed by atoms with Gasteiger partial charge in [-0.3, -0.25) is 9.10 Å². The van der Waals surface area contributed by atoms with E-state index in [1.807, 2.05) is 12.1 Å². The summed E-state index contributed by atoms with van der Waals surface area (Å²) in [5.74, 6) is -0.791. The molecule has 1 saturated heterocycles. The zero-order valence-electron chi connectivity index (χ0n) is 15.5. The molecule has 0 aliphatic carbocycles. The number of carbonyl (C=O) groups is 1. The van der Waals surface area contributed by atoms with Crippen LogP contribution in [0.5, 0.6) is 0 Å². The maximum atomic E-state index is 13.1. The Morgan fingerprint density at radius 3 is 2.25 bits per heavy atom. The van der Waals surface area contributed by atoms with Crippen LogP contribution >= 0.6 is 0 Å². The molecule has 148 valence electrons. The molecule has 2 aliphatic heterocycles. The summed E-state index contributed by atoms with van der Waals surface area (Å²) < 4.78 is 53.0. The van der Waals surface area contributed by atoms with Crippen molar-refractivity contribution in [2.75, 3.05) is 20.9 Å². The zero-order valence-corrected chi connectivity index (χ0v) is 17.1. The SMILES string of the molecule is CC1(C)CS(=O)(=O)N(c2ccc(S(=O)(=O)N3CCc4ccccc43)cc2)C1=O. The zero-order chi connectivity index (χ0) is 20.3. The number of carbonyl (C=O) groups excluding carboxylic acids is 1. The number of hydrogen-bond acceptors (Lipinski definition) is 5. The lowest BCUT2D eigenvalue weighted by molar-refractivity contribution is -0.123. The number of nitrogens with zero attached hydrogens (tertiary/aromatic N) is 2. The topological polar surface area (TPSA) is 91.8 Å². The van der Waals surface area contributed by atoms with Gasteiger partial charge in [-0.05, 0) is 56.2 Å². The van der Waals surface area contributed by atoms with Crippen LogP contribution in [0.1, 0.15) is 19.4 Å². The average Bonchev–Trinajstić information content (AvgIpc) is 3.12. The van der Waals surface area contributed by atoms with Gasteiger partial charge in [-0.2, -0.15) is 0 Å². The summed E-state index contributed by atoms with van der Waals surface area (Å²) >= 11 is 0. The average molecular weight is 421 g/mol. The van der Waals surface area contributed by atoms with Crippen molar-refractivity contribution in [3.8, 4) is 0 Å². The van der Waals surface area contributed by atoms with E-state index >= 15 is 0 Å². The number of amides is 1. The van der Waals surface area contributed by atoms with Gasteiger partial charge in [0.1, 0.15) is 0 Å². The Bertz CT molecular complexity index is 1170. The Morgan fingerprint density at radius 2 is 1.64 bits per heavy atom. The highest BCUT2D eigenvalue weighted by Gasteiger charge is 2.50. The van der Waals surface area contributed by atoms with Crippen LogP contribution in [0.3, 0.4) is 0 Å². The van der Waals surface area contributed by atoms with Gasteiger partial charge in [0.05, 0.1) is 27.4 Å². The van der Waals surface area contributed by atoms with Crippen molar-refractivity contribution < 1.29 is 21.6 Å². The van der Waals surface area contributed by atoms with Crippen molar-refractivity contribution in [2.24, 2.45) is 5.41 Å². The van der Waals surface area contributed by atoms with Crippen LogP contribution in [0.2, 0.25) is 0 Å². The minimum Gasteiger partial charge on any atom is -0.273 e. The van der Waals surface area contributed by atoms with Crippen molar-refractivity contribution in [1.29, 1.82) is 0 Å². The monoisotopic (exact) mass is 420 g/mol. The molecule has 0 N–H and O–H groups in total. The maximum Gasteiger partial charge on any atom is 0.264 e. The van der Waals surface area contributed by atoms with E-state index in [0.717, 1.165) is 9.87 Å². The molecule has 0 atom stereocenters. The van der Waals surface area contributed by atoms with Crippen LogP contribution in [0, 0.1) is 5.41 Å². The Hall–Kier alpha value is -2.39. The number of rotatable bonds is 3. The molecule has 7 nitrogen and oxygen atoms in total. The number of benzene rings is 2. The first-order chi connectivity index (χ1) is 13.0. The van der Waals surface area contributed by atoms with Gasteiger partial charge in [-0.1, -0.05) is 18.2 Å². The molecule has 9 heteroatoms. The first-order valence-corrected chi connectivity index (χ1v) is 11.9. The Labute approximate surface area is 164 Å². The second-order valence-corrected chi connectivity index (χ2v) is 11.3. The van der Waals surface area contributed by atoms with Gasteiger partial charge in [0, 0.05) is 6.54 Å². The third-order valence-electron chi connectivity index (χ3n) is 5.09. The molecule has 0 unspecified atom stereocenters. The normalized spacial score (nSPS) is 20.4. The van der Waals surface area contributed by atoms with Crippen molar-refractivity contribution in [3.63, 3.8) is 0 Å². The molecule has 4 rings (SSSR count). The van der Waals surface area contributed by atoms with Gasteiger partial charge in [0.2, 0.25) is 15.9 Å². The fourth-order valence-electron chi connectivity index (χ4n) is 3.70. The highest BCUT2D eigenvalue weighted by atomic mass is 32.2. The molecule has 0 saturated carbocycles. The predicted molar refractivity (Wildman–Crippen MR) is 106 cm³/mol. The molecular formula is C19H20N2O5S2. The van der Waals surface area contributed by atoms with Gasteiger partial charge in [-0.25, -0.2) is 21.1 Å². The second kappa shape index (κ2) is 6.05. The van der Waals surface area contributed by atoms with Crippen LogP contribution in [0.25, 0.3) is 0 Å². The van der Waals surface area contributed by atoms with Crippen LogP contribution in [0.4, 0.5) is 11.4 Å². The van der Waals surface area contributed by atoms with E-state index in [2.05, 4.69) is 0 Å². The van der Waals surface area contributed by atoms with Gasteiger partial charge < -0.3 is 0 Å². The molecule has 28 heavy (non-hydrogen) atoms.